The number of pyridine rings is 2. The van der Waals surface area contributed by atoms with Crippen molar-refractivity contribution < 1.29 is 9.13 Å². The van der Waals surface area contributed by atoms with Gasteiger partial charge in [0, 0.05) is 30.6 Å². The van der Waals surface area contributed by atoms with Crippen LogP contribution in [0, 0.1) is 5.82 Å². The fourth-order valence-electron chi connectivity index (χ4n) is 3.09. The molecular formula is C23H21FN4OS. The van der Waals surface area contributed by atoms with E-state index in [9.17, 15) is 4.39 Å². The molecule has 4 aromatic rings. The quantitative estimate of drug-likeness (QED) is 0.363. The minimum absolute atomic E-state index is 0.180. The Balaban J connectivity index is 1.40. The zero-order chi connectivity index (χ0) is 20.5. The molecule has 30 heavy (non-hydrogen) atoms. The van der Waals surface area contributed by atoms with Crippen LogP contribution in [0.25, 0.3) is 20.8 Å². The molecule has 1 aliphatic rings. The maximum absolute atomic E-state index is 14.6. The van der Waals surface area contributed by atoms with Gasteiger partial charge in [-0.25, -0.2) is 9.82 Å². The number of nitrogens with zero attached hydrogens (tertiary/aromatic N) is 2. The van der Waals surface area contributed by atoms with E-state index in [4.69, 9.17) is 4.74 Å². The summed E-state index contributed by atoms with van der Waals surface area (Å²) in [6, 6.07) is 13.2. The Morgan fingerprint density at radius 2 is 2.00 bits per heavy atom. The fourth-order valence-corrected chi connectivity index (χ4v) is 4.14. The number of benzene rings is 1. The van der Waals surface area contributed by atoms with Crippen LogP contribution >= 0.6 is 11.3 Å². The van der Waals surface area contributed by atoms with Crippen molar-refractivity contribution >= 4 is 27.2 Å². The molecule has 0 saturated heterocycles. The van der Waals surface area contributed by atoms with Gasteiger partial charge in [-0.05, 0) is 49.1 Å². The van der Waals surface area contributed by atoms with E-state index in [1.807, 2.05) is 18.3 Å². The molecule has 1 aromatic carbocycles. The molecule has 5 nitrogen and oxygen atoms in total. The summed E-state index contributed by atoms with van der Waals surface area (Å²) in [5.41, 5.74) is 9.76. The van der Waals surface area contributed by atoms with Crippen molar-refractivity contribution in [1.29, 1.82) is 0 Å². The van der Waals surface area contributed by atoms with E-state index in [-0.39, 0.29) is 5.75 Å². The number of halogens is 1. The Morgan fingerprint density at radius 1 is 1.10 bits per heavy atom. The molecule has 0 bridgehead atoms. The van der Waals surface area contributed by atoms with Crippen molar-refractivity contribution in [1.82, 2.24) is 15.4 Å². The van der Waals surface area contributed by atoms with E-state index in [1.54, 1.807) is 35.7 Å². The van der Waals surface area contributed by atoms with Crippen molar-refractivity contribution in [2.45, 2.75) is 32.2 Å². The number of rotatable bonds is 7. The third kappa shape index (κ3) is 3.99. The van der Waals surface area contributed by atoms with Gasteiger partial charge in [0.05, 0.1) is 26.5 Å². The monoisotopic (exact) mass is 420 g/mol. The summed E-state index contributed by atoms with van der Waals surface area (Å²) < 4.78 is 21.4. The van der Waals surface area contributed by atoms with Gasteiger partial charge in [-0.2, -0.15) is 0 Å². The number of hydrogen-bond acceptors (Lipinski definition) is 6. The third-order valence-corrected chi connectivity index (χ3v) is 6.17. The van der Waals surface area contributed by atoms with E-state index in [1.165, 1.54) is 11.6 Å². The summed E-state index contributed by atoms with van der Waals surface area (Å²) in [6.07, 6.45) is 6.82. The number of anilines is 1. The minimum atomic E-state index is -0.420. The number of aromatic nitrogens is 2. The first-order valence-electron chi connectivity index (χ1n) is 10.0. The lowest BCUT2D eigenvalue weighted by atomic mass is 10.2. The number of aryl methyl sites for hydroxylation is 1. The largest absolute Gasteiger partial charge is 0.453 e. The molecule has 5 rings (SSSR count). The molecule has 1 saturated carbocycles. The van der Waals surface area contributed by atoms with Crippen LogP contribution < -0.4 is 15.6 Å². The molecule has 2 N–H and O–H groups in total. The zero-order valence-corrected chi connectivity index (χ0v) is 17.3. The van der Waals surface area contributed by atoms with Crippen molar-refractivity contribution in [2.24, 2.45) is 0 Å². The maximum atomic E-state index is 14.6. The Labute approximate surface area is 177 Å². The number of hydrogen-bond donors (Lipinski definition) is 2. The molecule has 3 aromatic heterocycles. The number of ether oxygens (including phenoxy) is 1. The number of hydrazine groups is 1. The summed E-state index contributed by atoms with van der Waals surface area (Å²) >= 11 is 1.54. The maximum Gasteiger partial charge on any atom is 0.167 e. The van der Waals surface area contributed by atoms with Gasteiger partial charge in [0.15, 0.2) is 11.6 Å². The SMILES string of the molecule is CCc1ccc(-c2cc3nccc(Oc4ccc(NNC5CC5)cc4F)c3s2)nc1. The molecule has 0 aliphatic heterocycles. The molecule has 3 heterocycles. The van der Waals surface area contributed by atoms with Gasteiger partial charge < -0.3 is 10.2 Å². The number of nitrogens with one attached hydrogen (secondary N) is 2. The van der Waals surface area contributed by atoms with Crippen LogP contribution in [0.4, 0.5) is 10.1 Å². The van der Waals surface area contributed by atoms with E-state index in [0.29, 0.717) is 17.5 Å². The highest BCUT2D eigenvalue weighted by Gasteiger charge is 2.20. The lowest BCUT2D eigenvalue weighted by molar-refractivity contribution is 0.447. The smallest absolute Gasteiger partial charge is 0.167 e. The molecule has 0 atom stereocenters. The summed E-state index contributed by atoms with van der Waals surface area (Å²) in [4.78, 5) is 10.00. The Bertz CT molecular complexity index is 1190. The van der Waals surface area contributed by atoms with Crippen LogP contribution in [-0.4, -0.2) is 16.0 Å². The van der Waals surface area contributed by atoms with Crippen molar-refractivity contribution in [2.75, 3.05) is 5.43 Å². The Morgan fingerprint density at radius 3 is 2.73 bits per heavy atom. The first-order chi connectivity index (χ1) is 14.7. The standard InChI is InChI=1S/C23H21FN4OS/c1-2-14-3-7-18(26-13-14)22-12-19-23(30-22)21(9-10-25-19)29-20-8-6-16(11-17(20)24)28-27-15-4-5-15/h3,6-13,15,27-28H,2,4-5H2,1H3. The zero-order valence-electron chi connectivity index (χ0n) is 16.5. The highest BCUT2D eigenvalue weighted by Crippen LogP contribution is 2.39. The van der Waals surface area contributed by atoms with Crippen LogP contribution in [0.1, 0.15) is 25.3 Å². The average molecular weight is 421 g/mol. The summed E-state index contributed by atoms with van der Waals surface area (Å²) in [7, 11) is 0. The van der Waals surface area contributed by atoms with Gasteiger partial charge >= 0.3 is 0 Å². The van der Waals surface area contributed by atoms with E-state index >= 15 is 0 Å². The molecule has 1 fully saturated rings. The number of fused-ring (bicyclic) bond motifs is 1. The molecule has 0 unspecified atom stereocenters. The fraction of sp³-hybridized carbons (Fsp3) is 0.217. The lowest BCUT2D eigenvalue weighted by Crippen LogP contribution is -2.23. The van der Waals surface area contributed by atoms with Crippen LogP contribution in [0.5, 0.6) is 11.5 Å². The lowest BCUT2D eigenvalue weighted by Gasteiger charge is -2.11. The Kier molecular flexibility index (Phi) is 5.06. The van der Waals surface area contributed by atoms with Crippen molar-refractivity contribution in [3.8, 4) is 22.1 Å². The molecular weight excluding hydrogens is 399 g/mol. The minimum Gasteiger partial charge on any atom is -0.453 e. The van der Waals surface area contributed by atoms with Crippen LogP contribution in [0.15, 0.2) is 54.9 Å². The third-order valence-electron chi connectivity index (χ3n) is 5.01. The van der Waals surface area contributed by atoms with Crippen molar-refractivity contribution in [3.63, 3.8) is 0 Å². The molecule has 152 valence electrons. The first-order valence-corrected chi connectivity index (χ1v) is 10.8. The summed E-state index contributed by atoms with van der Waals surface area (Å²) in [6.45, 7) is 2.11. The van der Waals surface area contributed by atoms with Gasteiger partial charge in [-0.3, -0.25) is 9.97 Å². The summed E-state index contributed by atoms with van der Waals surface area (Å²) in [5.74, 6) is 0.341. The number of thiophene rings is 1. The summed E-state index contributed by atoms with van der Waals surface area (Å²) in [5, 5.41) is 0. The molecule has 1 aliphatic carbocycles. The second kappa shape index (κ2) is 8.01. The van der Waals surface area contributed by atoms with Gasteiger partial charge in [0.2, 0.25) is 0 Å². The van der Waals surface area contributed by atoms with Gasteiger partial charge in [-0.15, -0.1) is 11.3 Å². The molecule has 0 radical (unpaired) electrons. The van der Waals surface area contributed by atoms with Gasteiger partial charge in [-0.1, -0.05) is 13.0 Å². The molecule has 7 heteroatoms. The average Bonchev–Trinajstić information content (AvgIpc) is 3.50. The first kappa shape index (κ1) is 19.0. The second-order valence-corrected chi connectivity index (χ2v) is 8.38. The topological polar surface area (TPSA) is 59.1 Å². The van der Waals surface area contributed by atoms with E-state index < -0.39 is 5.82 Å². The molecule has 0 spiro atoms. The molecule has 0 amide bonds. The van der Waals surface area contributed by atoms with Crippen LogP contribution in [0.3, 0.4) is 0 Å². The van der Waals surface area contributed by atoms with Gasteiger partial charge in [0.1, 0.15) is 5.75 Å². The Hall–Kier alpha value is -3.03. The van der Waals surface area contributed by atoms with E-state index in [0.717, 1.165) is 40.1 Å². The highest BCUT2D eigenvalue weighted by molar-refractivity contribution is 7.22. The predicted octanol–water partition coefficient (Wildman–Crippen LogP) is 5.93. The van der Waals surface area contributed by atoms with E-state index in [2.05, 4.69) is 33.8 Å². The van der Waals surface area contributed by atoms with Crippen LogP contribution in [-0.2, 0) is 6.42 Å². The van der Waals surface area contributed by atoms with Crippen molar-refractivity contribution in [3.05, 3.63) is 66.2 Å². The highest BCUT2D eigenvalue weighted by atomic mass is 32.1. The second-order valence-electron chi connectivity index (χ2n) is 7.33. The predicted molar refractivity (Wildman–Crippen MR) is 118 cm³/mol. The normalized spacial score (nSPS) is 13.5. The van der Waals surface area contributed by atoms with Gasteiger partial charge in [0.25, 0.3) is 0 Å². The van der Waals surface area contributed by atoms with Crippen LogP contribution in [0.2, 0.25) is 0 Å².